The molecule has 1 aliphatic rings. The van der Waals surface area contributed by atoms with Crippen molar-refractivity contribution in [1.82, 2.24) is 14.8 Å². The first kappa shape index (κ1) is 17.5. The second-order valence-electron chi connectivity index (χ2n) is 6.49. The van der Waals surface area contributed by atoms with Gasteiger partial charge < -0.3 is 19.5 Å². The number of aromatic nitrogens is 1. The lowest BCUT2D eigenvalue weighted by molar-refractivity contribution is 0.0762. The molecule has 1 N–H and O–H groups in total. The lowest BCUT2D eigenvalue weighted by Gasteiger charge is -2.22. The van der Waals surface area contributed by atoms with Gasteiger partial charge in [0, 0.05) is 31.9 Å². The summed E-state index contributed by atoms with van der Waals surface area (Å²) in [6, 6.07) is 7.27. The van der Waals surface area contributed by atoms with Gasteiger partial charge in [0.15, 0.2) is 0 Å². The summed E-state index contributed by atoms with van der Waals surface area (Å²) in [5.74, 6) is -0.0599. The summed E-state index contributed by atoms with van der Waals surface area (Å²) in [6.45, 7) is 4.20. The quantitative estimate of drug-likeness (QED) is 0.732. The molecule has 0 atom stereocenters. The molecule has 1 aromatic carbocycles. The Bertz CT molecular complexity index is 967. The number of hydrogen-bond acceptors (Lipinski definition) is 5. The van der Waals surface area contributed by atoms with Gasteiger partial charge in [-0.05, 0) is 37.6 Å². The Labute approximate surface area is 160 Å². The van der Waals surface area contributed by atoms with Gasteiger partial charge in [0.2, 0.25) is 0 Å². The molecule has 1 saturated heterocycles. The number of benzene rings is 1. The van der Waals surface area contributed by atoms with Gasteiger partial charge >= 0.3 is 6.03 Å². The highest BCUT2D eigenvalue weighted by atomic mass is 32.1. The van der Waals surface area contributed by atoms with Crippen LogP contribution in [0.1, 0.15) is 21.8 Å². The summed E-state index contributed by atoms with van der Waals surface area (Å²) >= 11 is 1.63. The number of carbonyl (C=O) groups is 2. The van der Waals surface area contributed by atoms with Crippen LogP contribution in [0.3, 0.4) is 0 Å². The smallest absolute Gasteiger partial charge is 0.321 e. The summed E-state index contributed by atoms with van der Waals surface area (Å²) in [5, 5.41) is 3.95. The number of furan rings is 1. The lowest BCUT2D eigenvalue weighted by Crippen LogP contribution is -2.39. The van der Waals surface area contributed by atoms with Crippen molar-refractivity contribution in [2.75, 3.05) is 31.5 Å². The van der Waals surface area contributed by atoms with Crippen LogP contribution in [-0.2, 0) is 0 Å². The number of rotatable bonds is 2. The Kier molecular flexibility index (Phi) is 4.81. The van der Waals surface area contributed by atoms with Crippen molar-refractivity contribution >= 4 is 39.2 Å². The minimum Gasteiger partial charge on any atom is -0.472 e. The number of nitrogens with zero attached hydrogens (tertiary/aromatic N) is 3. The third-order valence-electron chi connectivity index (χ3n) is 4.58. The first-order chi connectivity index (χ1) is 13.1. The van der Waals surface area contributed by atoms with Gasteiger partial charge in [-0.1, -0.05) is 0 Å². The maximum Gasteiger partial charge on any atom is 0.321 e. The highest BCUT2D eigenvalue weighted by Crippen LogP contribution is 2.24. The monoisotopic (exact) mass is 384 g/mol. The lowest BCUT2D eigenvalue weighted by atomic mass is 10.3. The minimum absolute atomic E-state index is 0.0599. The first-order valence-electron chi connectivity index (χ1n) is 8.85. The molecule has 2 aromatic heterocycles. The molecule has 0 bridgehead atoms. The molecule has 0 radical (unpaired) electrons. The van der Waals surface area contributed by atoms with Gasteiger partial charge in [-0.2, -0.15) is 0 Å². The van der Waals surface area contributed by atoms with Crippen LogP contribution in [0.25, 0.3) is 10.2 Å². The van der Waals surface area contributed by atoms with E-state index in [9.17, 15) is 9.59 Å². The average molecular weight is 384 g/mol. The molecule has 3 aromatic rings. The predicted octanol–water partition coefficient (Wildman–Crippen LogP) is 3.58. The number of hydrogen-bond donors (Lipinski definition) is 1. The Balaban J connectivity index is 1.39. The topological polar surface area (TPSA) is 78.7 Å². The van der Waals surface area contributed by atoms with Gasteiger partial charge in [0.25, 0.3) is 5.91 Å². The highest BCUT2D eigenvalue weighted by Gasteiger charge is 2.23. The summed E-state index contributed by atoms with van der Waals surface area (Å²) < 4.78 is 6.09. The van der Waals surface area contributed by atoms with Gasteiger partial charge in [0.1, 0.15) is 6.26 Å². The summed E-state index contributed by atoms with van der Waals surface area (Å²) in [7, 11) is 0. The molecule has 0 unspecified atom stereocenters. The van der Waals surface area contributed by atoms with E-state index in [1.54, 1.807) is 27.2 Å². The van der Waals surface area contributed by atoms with Crippen molar-refractivity contribution in [3.8, 4) is 0 Å². The van der Waals surface area contributed by atoms with Gasteiger partial charge in [0.05, 0.1) is 27.1 Å². The number of thiazole rings is 1. The molecule has 0 saturated carbocycles. The van der Waals surface area contributed by atoms with E-state index in [-0.39, 0.29) is 11.9 Å². The zero-order valence-corrected chi connectivity index (χ0v) is 15.8. The van der Waals surface area contributed by atoms with Gasteiger partial charge in [-0.15, -0.1) is 11.3 Å². The SMILES string of the molecule is Cc1nc2cc(NC(=O)N3CCCN(C(=O)c4ccoc4)CC3)ccc2s1. The second kappa shape index (κ2) is 7.40. The van der Waals surface area contributed by atoms with Crippen molar-refractivity contribution in [1.29, 1.82) is 0 Å². The van der Waals surface area contributed by atoms with Gasteiger partial charge in [-0.3, -0.25) is 4.79 Å². The van der Waals surface area contributed by atoms with Crippen LogP contribution in [0.4, 0.5) is 10.5 Å². The summed E-state index contributed by atoms with van der Waals surface area (Å²) in [6.07, 6.45) is 3.68. The Morgan fingerprint density at radius 1 is 1.15 bits per heavy atom. The summed E-state index contributed by atoms with van der Waals surface area (Å²) in [5.41, 5.74) is 2.16. The third-order valence-corrected chi connectivity index (χ3v) is 5.54. The van der Waals surface area contributed by atoms with Crippen LogP contribution in [0.2, 0.25) is 0 Å². The van der Waals surface area contributed by atoms with Crippen molar-refractivity contribution in [3.05, 3.63) is 47.4 Å². The molecule has 3 amide bonds. The summed E-state index contributed by atoms with van der Waals surface area (Å²) in [4.78, 5) is 33.1. The number of anilines is 1. The van der Waals surface area contributed by atoms with Crippen molar-refractivity contribution in [2.24, 2.45) is 0 Å². The molecule has 8 heteroatoms. The van der Waals surface area contributed by atoms with Crippen molar-refractivity contribution in [3.63, 3.8) is 0 Å². The average Bonchev–Trinajstić information content (AvgIpc) is 3.23. The number of nitrogens with one attached hydrogen (secondary N) is 1. The molecule has 140 valence electrons. The number of fused-ring (bicyclic) bond motifs is 1. The molecule has 4 rings (SSSR count). The van der Waals surface area contributed by atoms with Crippen LogP contribution >= 0.6 is 11.3 Å². The Hall–Kier alpha value is -2.87. The number of carbonyl (C=O) groups excluding carboxylic acids is 2. The predicted molar refractivity (Wildman–Crippen MR) is 104 cm³/mol. The fourth-order valence-corrected chi connectivity index (χ4v) is 4.02. The third kappa shape index (κ3) is 3.80. The van der Waals surface area contributed by atoms with Crippen LogP contribution in [0.5, 0.6) is 0 Å². The van der Waals surface area contributed by atoms with Crippen LogP contribution in [0, 0.1) is 6.92 Å². The molecule has 27 heavy (non-hydrogen) atoms. The van der Waals surface area contributed by atoms with Crippen LogP contribution in [-0.4, -0.2) is 52.9 Å². The molecular formula is C19H20N4O3S. The van der Waals surface area contributed by atoms with E-state index in [0.29, 0.717) is 31.7 Å². The number of urea groups is 1. The number of amides is 3. The normalized spacial score (nSPS) is 15.0. The maximum atomic E-state index is 12.6. The van der Waals surface area contributed by atoms with Gasteiger partial charge in [-0.25, -0.2) is 9.78 Å². The Morgan fingerprint density at radius 2 is 1.96 bits per heavy atom. The van der Waals surface area contributed by atoms with E-state index < -0.39 is 0 Å². The van der Waals surface area contributed by atoms with E-state index in [2.05, 4.69) is 10.3 Å². The molecule has 1 fully saturated rings. The largest absolute Gasteiger partial charge is 0.472 e. The molecule has 0 spiro atoms. The molecule has 1 aliphatic heterocycles. The standard InChI is InChI=1S/C19H20N4O3S/c1-13-20-16-11-15(3-4-17(16)27-13)21-19(25)23-7-2-6-22(8-9-23)18(24)14-5-10-26-12-14/h3-5,10-12H,2,6-9H2,1H3,(H,21,25). The van der Waals surface area contributed by atoms with E-state index in [1.807, 2.05) is 25.1 Å². The maximum absolute atomic E-state index is 12.6. The first-order valence-corrected chi connectivity index (χ1v) is 9.66. The second-order valence-corrected chi connectivity index (χ2v) is 7.73. The number of aryl methyl sites for hydroxylation is 1. The zero-order valence-electron chi connectivity index (χ0n) is 15.0. The van der Waals surface area contributed by atoms with E-state index in [0.717, 1.165) is 27.3 Å². The van der Waals surface area contributed by atoms with Crippen LogP contribution in [0.15, 0.2) is 41.2 Å². The van der Waals surface area contributed by atoms with E-state index in [4.69, 9.17) is 4.42 Å². The van der Waals surface area contributed by atoms with E-state index in [1.165, 1.54) is 12.5 Å². The molecule has 0 aliphatic carbocycles. The molecule has 7 nitrogen and oxygen atoms in total. The fourth-order valence-electron chi connectivity index (χ4n) is 3.22. The van der Waals surface area contributed by atoms with Crippen LogP contribution < -0.4 is 5.32 Å². The fraction of sp³-hybridized carbons (Fsp3) is 0.316. The molecule has 3 heterocycles. The Morgan fingerprint density at radius 3 is 2.78 bits per heavy atom. The van der Waals surface area contributed by atoms with Crippen molar-refractivity contribution < 1.29 is 14.0 Å². The highest BCUT2D eigenvalue weighted by molar-refractivity contribution is 7.18. The molecular weight excluding hydrogens is 364 g/mol. The van der Waals surface area contributed by atoms with Crippen molar-refractivity contribution in [2.45, 2.75) is 13.3 Å². The zero-order chi connectivity index (χ0) is 18.8. The van der Waals surface area contributed by atoms with E-state index >= 15 is 0 Å². The minimum atomic E-state index is -0.154.